The lowest BCUT2D eigenvalue weighted by molar-refractivity contribution is 0.0293. The van der Waals surface area contributed by atoms with Crippen LogP contribution in [0.5, 0.6) is 0 Å². The standard InChI is InChI=1S/C29H32N4O5/c1-2-30(19-21-8-4-3-5-9-21)28(34)22-12-13-26(27(18-22)33(36)37)31-16-14-24(15-17-31)32-25-11-7-6-10-23(25)20-38-29(32)35/h3-13,18,24,36-37H,2,14-17,19-20H2,1H3. The average Bonchev–Trinajstić information content (AvgIpc) is 2.96. The molecule has 0 unspecified atom stereocenters. The lowest BCUT2D eigenvalue weighted by atomic mass is 9.99. The molecule has 3 aromatic carbocycles. The Morgan fingerprint density at radius 3 is 2.39 bits per heavy atom. The summed E-state index contributed by atoms with van der Waals surface area (Å²) in [5, 5.41) is 20.2. The maximum absolute atomic E-state index is 13.3. The summed E-state index contributed by atoms with van der Waals surface area (Å²) in [6, 6.07) is 22.5. The molecule has 0 aromatic heterocycles. The molecule has 0 saturated carbocycles. The van der Waals surface area contributed by atoms with E-state index in [4.69, 9.17) is 4.74 Å². The Hall–Kier alpha value is -4.08. The van der Waals surface area contributed by atoms with E-state index in [9.17, 15) is 20.0 Å². The molecule has 0 aliphatic carbocycles. The minimum atomic E-state index is -0.335. The van der Waals surface area contributed by atoms with Crippen LogP contribution in [0, 0.1) is 0 Å². The molecule has 0 atom stereocenters. The van der Waals surface area contributed by atoms with Gasteiger partial charge in [0.15, 0.2) is 0 Å². The molecule has 5 rings (SSSR count). The van der Waals surface area contributed by atoms with Gasteiger partial charge in [-0.3, -0.25) is 20.1 Å². The summed E-state index contributed by atoms with van der Waals surface area (Å²) in [5.74, 6) is -0.188. The molecule has 198 valence electrons. The monoisotopic (exact) mass is 516 g/mol. The zero-order valence-electron chi connectivity index (χ0n) is 21.4. The first kappa shape index (κ1) is 25.6. The highest BCUT2D eigenvalue weighted by Crippen LogP contribution is 2.35. The first-order valence-corrected chi connectivity index (χ1v) is 12.9. The molecule has 2 amide bonds. The van der Waals surface area contributed by atoms with E-state index in [1.54, 1.807) is 21.9 Å². The molecule has 1 fully saturated rings. The van der Waals surface area contributed by atoms with Crippen LogP contribution in [0.15, 0.2) is 72.8 Å². The van der Waals surface area contributed by atoms with Gasteiger partial charge >= 0.3 is 6.09 Å². The number of cyclic esters (lactones) is 1. The SMILES string of the molecule is CCN(Cc1ccccc1)C(=O)c1ccc(N2CCC(N3C(=O)OCc4ccccc43)CC2)c(N(O)O)c1. The van der Waals surface area contributed by atoms with E-state index in [0.717, 1.165) is 16.8 Å². The lowest BCUT2D eigenvalue weighted by Gasteiger charge is -2.41. The molecule has 1 saturated heterocycles. The third-order valence-corrected chi connectivity index (χ3v) is 7.29. The highest BCUT2D eigenvalue weighted by Gasteiger charge is 2.34. The number of hydrogen-bond donors (Lipinski definition) is 2. The van der Waals surface area contributed by atoms with Crippen molar-refractivity contribution < 1.29 is 24.7 Å². The van der Waals surface area contributed by atoms with Crippen molar-refractivity contribution in [3.8, 4) is 0 Å². The van der Waals surface area contributed by atoms with Crippen LogP contribution in [0.3, 0.4) is 0 Å². The molecule has 2 aliphatic heterocycles. The van der Waals surface area contributed by atoms with Gasteiger partial charge in [0.2, 0.25) is 0 Å². The Morgan fingerprint density at radius 1 is 0.974 bits per heavy atom. The van der Waals surface area contributed by atoms with Gasteiger partial charge in [-0.15, -0.1) is 5.23 Å². The van der Waals surface area contributed by atoms with Crippen LogP contribution in [-0.4, -0.2) is 53.0 Å². The Labute approximate surface area is 222 Å². The van der Waals surface area contributed by atoms with Crippen molar-refractivity contribution >= 4 is 29.1 Å². The van der Waals surface area contributed by atoms with E-state index < -0.39 is 0 Å². The summed E-state index contributed by atoms with van der Waals surface area (Å²) in [7, 11) is 0. The van der Waals surface area contributed by atoms with Crippen LogP contribution in [-0.2, 0) is 17.9 Å². The van der Waals surface area contributed by atoms with Gasteiger partial charge in [-0.25, -0.2) is 4.79 Å². The second-order valence-corrected chi connectivity index (χ2v) is 9.57. The maximum atomic E-state index is 13.3. The summed E-state index contributed by atoms with van der Waals surface area (Å²) in [6.45, 7) is 4.37. The number of piperidine rings is 1. The van der Waals surface area contributed by atoms with Crippen LogP contribution in [0.25, 0.3) is 0 Å². The lowest BCUT2D eigenvalue weighted by Crippen LogP contribution is -2.49. The first-order valence-electron chi connectivity index (χ1n) is 12.9. The van der Waals surface area contributed by atoms with Gasteiger partial charge in [0, 0.05) is 43.3 Å². The van der Waals surface area contributed by atoms with Crippen molar-refractivity contribution in [3.05, 3.63) is 89.5 Å². The minimum Gasteiger partial charge on any atom is -0.444 e. The molecule has 2 N–H and O–H groups in total. The number of carbonyl (C=O) groups excluding carboxylic acids is 2. The van der Waals surface area contributed by atoms with Crippen LogP contribution in [0.1, 0.15) is 41.3 Å². The molecule has 0 bridgehead atoms. The summed E-state index contributed by atoms with van der Waals surface area (Å²) < 4.78 is 5.40. The number of rotatable bonds is 7. The van der Waals surface area contributed by atoms with Gasteiger partial charge in [0.1, 0.15) is 12.3 Å². The Morgan fingerprint density at radius 2 is 1.68 bits per heavy atom. The van der Waals surface area contributed by atoms with Crippen LogP contribution in [0.4, 0.5) is 21.9 Å². The zero-order valence-corrected chi connectivity index (χ0v) is 21.4. The van der Waals surface area contributed by atoms with Gasteiger partial charge in [-0.05, 0) is 49.6 Å². The number of hydrogen-bond acceptors (Lipinski definition) is 7. The number of para-hydroxylation sites is 1. The molecule has 9 heteroatoms. The summed E-state index contributed by atoms with van der Waals surface area (Å²) in [6.07, 6.45) is 1.03. The third kappa shape index (κ3) is 5.16. The number of fused-ring (bicyclic) bond motifs is 1. The van der Waals surface area contributed by atoms with Gasteiger partial charge in [-0.2, -0.15) is 0 Å². The quantitative estimate of drug-likeness (QED) is 0.424. The van der Waals surface area contributed by atoms with E-state index in [0.29, 0.717) is 50.3 Å². The molecule has 0 spiro atoms. The van der Waals surface area contributed by atoms with Crippen LogP contribution >= 0.6 is 0 Å². The second-order valence-electron chi connectivity index (χ2n) is 9.57. The number of benzene rings is 3. The smallest absolute Gasteiger partial charge is 0.414 e. The number of amides is 2. The Balaban J connectivity index is 1.31. The van der Waals surface area contributed by atoms with Gasteiger partial charge in [-0.1, -0.05) is 48.5 Å². The van der Waals surface area contributed by atoms with Crippen LogP contribution in [0.2, 0.25) is 0 Å². The summed E-state index contributed by atoms with van der Waals surface area (Å²) >= 11 is 0. The summed E-state index contributed by atoms with van der Waals surface area (Å²) in [5.41, 5.74) is 4.01. The first-order chi connectivity index (χ1) is 18.5. The fraction of sp³-hybridized carbons (Fsp3) is 0.310. The van der Waals surface area contributed by atoms with E-state index in [1.807, 2.05) is 66.4 Å². The summed E-state index contributed by atoms with van der Waals surface area (Å²) in [4.78, 5) is 31.4. The molecule has 2 heterocycles. The van der Waals surface area contributed by atoms with Crippen molar-refractivity contribution in [2.45, 2.75) is 39.0 Å². The molecule has 0 radical (unpaired) electrons. The molecular weight excluding hydrogens is 484 g/mol. The fourth-order valence-corrected chi connectivity index (χ4v) is 5.28. The van der Waals surface area contributed by atoms with Gasteiger partial charge in [0.05, 0.1) is 11.4 Å². The Kier molecular flexibility index (Phi) is 7.48. The maximum Gasteiger partial charge on any atom is 0.414 e. The number of carbonyl (C=O) groups is 2. The number of anilines is 3. The number of nitrogens with zero attached hydrogens (tertiary/aromatic N) is 4. The average molecular weight is 517 g/mol. The zero-order chi connectivity index (χ0) is 26.6. The Bertz CT molecular complexity index is 1290. The highest BCUT2D eigenvalue weighted by molar-refractivity contribution is 5.96. The number of ether oxygens (including phenoxy) is 1. The van der Waals surface area contributed by atoms with Crippen molar-refractivity contribution in [2.75, 3.05) is 34.7 Å². The van der Waals surface area contributed by atoms with E-state index in [2.05, 4.69) is 0 Å². The molecule has 2 aliphatic rings. The topological polar surface area (TPSA) is 96.8 Å². The fourth-order valence-electron chi connectivity index (χ4n) is 5.28. The molecule has 9 nitrogen and oxygen atoms in total. The predicted molar refractivity (Wildman–Crippen MR) is 144 cm³/mol. The van der Waals surface area contributed by atoms with Crippen molar-refractivity contribution in [2.24, 2.45) is 0 Å². The molecule has 38 heavy (non-hydrogen) atoms. The normalized spacial score (nSPS) is 15.6. The highest BCUT2D eigenvalue weighted by atomic mass is 16.8. The van der Waals surface area contributed by atoms with E-state index in [-0.39, 0.29) is 35.6 Å². The second kappa shape index (κ2) is 11.1. The van der Waals surface area contributed by atoms with E-state index >= 15 is 0 Å². The van der Waals surface area contributed by atoms with Gasteiger partial charge in [0.25, 0.3) is 5.91 Å². The van der Waals surface area contributed by atoms with Crippen molar-refractivity contribution in [1.29, 1.82) is 0 Å². The largest absolute Gasteiger partial charge is 0.444 e. The molecule has 3 aromatic rings. The predicted octanol–water partition coefficient (Wildman–Crippen LogP) is 5.06. The van der Waals surface area contributed by atoms with Gasteiger partial charge < -0.3 is 14.5 Å². The van der Waals surface area contributed by atoms with Crippen LogP contribution < -0.4 is 15.0 Å². The minimum absolute atomic E-state index is 0.0278. The third-order valence-electron chi connectivity index (χ3n) is 7.29. The van der Waals surface area contributed by atoms with Crippen molar-refractivity contribution in [3.63, 3.8) is 0 Å². The van der Waals surface area contributed by atoms with Crippen molar-refractivity contribution in [1.82, 2.24) is 4.90 Å². The molecular formula is C29H32N4O5. The van der Waals surface area contributed by atoms with E-state index in [1.165, 1.54) is 6.07 Å².